The molecule has 0 spiro atoms. The van der Waals surface area contributed by atoms with Gasteiger partial charge in [0.15, 0.2) is 0 Å². The van der Waals surface area contributed by atoms with Crippen LogP contribution < -0.4 is 5.32 Å². The quantitative estimate of drug-likeness (QED) is 0.485. The highest BCUT2D eigenvalue weighted by molar-refractivity contribution is 5.29. The fraction of sp³-hybridized carbons (Fsp3) is 0.667. The smallest absolute Gasteiger partial charge is 0.0582 e. The number of aromatic nitrogens is 2. The van der Waals surface area contributed by atoms with Crippen molar-refractivity contribution in [2.24, 2.45) is 0 Å². The highest BCUT2D eigenvalue weighted by Crippen LogP contribution is 2.29. The molecule has 2 aromatic rings. The van der Waals surface area contributed by atoms with E-state index < -0.39 is 0 Å². The van der Waals surface area contributed by atoms with E-state index in [-0.39, 0.29) is 0 Å². The first kappa shape index (κ1) is 28.7. The SMILES string of the molecule is CCc1ccc(C2CCOC2)c(CN(C)CC)n1.CCc1ccc(C2CCOC2)c(CNC(C)C)n1. The molecular formula is C30H48N4O2. The average molecular weight is 497 g/mol. The summed E-state index contributed by atoms with van der Waals surface area (Å²) in [5, 5.41) is 3.47. The minimum atomic E-state index is 0.491. The molecular weight excluding hydrogens is 448 g/mol. The molecule has 1 N–H and O–H groups in total. The van der Waals surface area contributed by atoms with Gasteiger partial charge in [0.05, 0.1) is 24.6 Å². The molecule has 2 atom stereocenters. The Kier molecular flexibility index (Phi) is 11.8. The Bertz CT molecular complexity index is 921. The Morgan fingerprint density at radius 3 is 1.83 bits per heavy atom. The summed E-state index contributed by atoms with van der Waals surface area (Å²) < 4.78 is 11.0. The Morgan fingerprint density at radius 1 is 0.861 bits per heavy atom. The van der Waals surface area contributed by atoms with Crippen LogP contribution in [0, 0.1) is 0 Å². The Morgan fingerprint density at radius 2 is 1.39 bits per heavy atom. The molecule has 2 aromatic heterocycles. The van der Waals surface area contributed by atoms with Gasteiger partial charge >= 0.3 is 0 Å². The van der Waals surface area contributed by atoms with Crippen LogP contribution in [0.25, 0.3) is 0 Å². The second kappa shape index (κ2) is 14.8. The predicted molar refractivity (Wildman–Crippen MR) is 148 cm³/mol. The summed E-state index contributed by atoms with van der Waals surface area (Å²) in [6, 6.07) is 9.34. The zero-order valence-corrected chi connectivity index (χ0v) is 23.5. The zero-order valence-electron chi connectivity index (χ0n) is 23.5. The second-order valence-electron chi connectivity index (χ2n) is 10.4. The Hall–Kier alpha value is -1.86. The van der Waals surface area contributed by atoms with Gasteiger partial charge in [-0.25, -0.2) is 0 Å². The molecule has 2 saturated heterocycles. The lowest BCUT2D eigenvalue weighted by Gasteiger charge is -2.19. The van der Waals surface area contributed by atoms with E-state index in [4.69, 9.17) is 19.4 Å². The van der Waals surface area contributed by atoms with Crippen LogP contribution >= 0.6 is 0 Å². The number of aryl methyl sites for hydroxylation is 2. The summed E-state index contributed by atoms with van der Waals surface area (Å²) in [4.78, 5) is 11.9. The normalized spacial score (nSPS) is 19.7. The maximum atomic E-state index is 5.51. The fourth-order valence-electron chi connectivity index (χ4n) is 4.75. The van der Waals surface area contributed by atoms with E-state index in [1.54, 1.807) is 0 Å². The van der Waals surface area contributed by atoms with Crippen LogP contribution in [0.5, 0.6) is 0 Å². The molecule has 2 unspecified atom stereocenters. The monoisotopic (exact) mass is 496 g/mol. The third kappa shape index (κ3) is 8.34. The van der Waals surface area contributed by atoms with E-state index in [0.717, 1.165) is 71.7 Å². The summed E-state index contributed by atoms with van der Waals surface area (Å²) in [5.74, 6) is 1.08. The van der Waals surface area contributed by atoms with Gasteiger partial charge in [-0.3, -0.25) is 9.97 Å². The third-order valence-electron chi connectivity index (χ3n) is 7.23. The minimum Gasteiger partial charge on any atom is -0.381 e. The first-order chi connectivity index (χ1) is 17.4. The van der Waals surface area contributed by atoms with Crippen molar-refractivity contribution in [1.29, 1.82) is 0 Å². The Labute approximate surface area is 219 Å². The van der Waals surface area contributed by atoms with Gasteiger partial charge in [-0.15, -0.1) is 0 Å². The van der Waals surface area contributed by atoms with E-state index in [9.17, 15) is 0 Å². The summed E-state index contributed by atoms with van der Waals surface area (Å²) >= 11 is 0. The van der Waals surface area contributed by atoms with Gasteiger partial charge in [0.2, 0.25) is 0 Å². The van der Waals surface area contributed by atoms with Gasteiger partial charge in [0.25, 0.3) is 0 Å². The molecule has 0 radical (unpaired) electrons. The van der Waals surface area contributed by atoms with Crippen molar-refractivity contribution >= 4 is 0 Å². The summed E-state index contributed by atoms with van der Waals surface area (Å²) in [7, 11) is 2.15. The lowest BCUT2D eigenvalue weighted by molar-refractivity contribution is 0.193. The molecule has 0 amide bonds. The first-order valence-corrected chi connectivity index (χ1v) is 14.0. The molecule has 4 heterocycles. The van der Waals surface area contributed by atoms with Crippen LogP contribution in [-0.4, -0.2) is 60.9 Å². The van der Waals surface area contributed by atoms with Gasteiger partial charge in [-0.1, -0.05) is 46.8 Å². The van der Waals surface area contributed by atoms with Crippen molar-refractivity contribution in [3.63, 3.8) is 0 Å². The first-order valence-electron chi connectivity index (χ1n) is 14.0. The van der Waals surface area contributed by atoms with Crippen LogP contribution in [0.2, 0.25) is 0 Å². The van der Waals surface area contributed by atoms with Crippen molar-refractivity contribution < 1.29 is 9.47 Å². The van der Waals surface area contributed by atoms with E-state index in [1.807, 2.05) is 0 Å². The van der Waals surface area contributed by atoms with Gasteiger partial charge in [0.1, 0.15) is 0 Å². The number of hydrogen-bond donors (Lipinski definition) is 1. The molecule has 36 heavy (non-hydrogen) atoms. The number of nitrogens with one attached hydrogen (secondary N) is 1. The van der Waals surface area contributed by atoms with Crippen molar-refractivity contribution in [3.05, 3.63) is 58.2 Å². The number of nitrogens with zero attached hydrogens (tertiary/aromatic N) is 3. The van der Waals surface area contributed by atoms with Crippen LogP contribution in [0.15, 0.2) is 24.3 Å². The molecule has 2 aliphatic rings. The molecule has 6 nitrogen and oxygen atoms in total. The van der Waals surface area contributed by atoms with Gasteiger partial charge in [-0.05, 0) is 62.5 Å². The largest absolute Gasteiger partial charge is 0.381 e. The third-order valence-corrected chi connectivity index (χ3v) is 7.23. The molecule has 0 saturated carbocycles. The van der Waals surface area contributed by atoms with E-state index >= 15 is 0 Å². The number of pyridine rings is 2. The highest BCUT2D eigenvalue weighted by atomic mass is 16.5. The lowest BCUT2D eigenvalue weighted by atomic mass is 9.96. The standard InChI is InChI=1S/2C15H24N2O/c1-4-13-5-6-14(12-7-8-18-10-12)15(17-13)9-16-11(2)3;1-4-13-6-7-14(12-8-9-18-11-12)15(16-13)10-17(3)5-2/h5-6,11-12,16H,4,7-10H2,1-3H3;6-7,12H,4-5,8-11H2,1-3H3. The molecule has 0 aromatic carbocycles. The summed E-state index contributed by atoms with van der Waals surface area (Å²) in [6.45, 7) is 17.2. The molecule has 2 aliphatic heterocycles. The van der Waals surface area contributed by atoms with E-state index in [2.05, 4.69) is 76.1 Å². The van der Waals surface area contributed by atoms with Crippen molar-refractivity contribution in [2.45, 2.75) is 91.3 Å². The summed E-state index contributed by atoms with van der Waals surface area (Å²) in [5.41, 5.74) is 7.59. The van der Waals surface area contributed by atoms with Crippen molar-refractivity contribution in [1.82, 2.24) is 20.2 Å². The Balaban J connectivity index is 0.000000201. The van der Waals surface area contributed by atoms with Crippen LogP contribution in [0.4, 0.5) is 0 Å². The predicted octanol–water partition coefficient (Wildman–Crippen LogP) is 5.25. The minimum absolute atomic E-state index is 0.491. The lowest BCUT2D eigenvalue weighted by Crippen LogP contribution is -2.24. The van der Waals surface area contributed by atoms with Crippen LogP contribution in [-0.2, 0) is 35.4 Å². The average Bonchev–Trinajstić information content (AvgIpc) is 3.62. The molecule has 2 fully saturated rings. The second-order valence-corrected chi connectivity index (χ2v) is 10.4. The van der Waals surface area contributed by atoms with Crippen molar-refractivity contribution in [2.75, 3.05) is 40.0 Å². The molecule has 4 rings (SSSR count). The zero-order chi connectivity index (χ0) is 25.9. The molecule has 0 bridgehead atoms. The van der Waals surface area contributed by atoms with Crippen molar-refractivity contribution in [3.8, 4) is 0 Å². The maximum absolute atomic E-state index is 5.51. The number of rotatable bonds is 10. The summed E-state index contributed by atoms with van der Waals surface area (Å²) in [6.07, 6.45) is 4.26. The molecule has 0 aliphatic carbocycles. The van der Waals surface area contributed by atoms with E-state index in [0.29, 0.717) is 17.9 Å². The maximum Gasteiger partial charge on any atom is 0.0582 e. The molecule has 200 valence electrons. The number of hydrogen-bond acceptors (Lipinski definition) is 6. The van der Waals surface area contributed by atoms with Gasteiger partial charge in [-0.2, -0.15) is 0 Å². The fourth-order valence-corrected chi connectivity index (χ4v) is 4.75. The molecule has 6 heteroatoms. The van der Waals surface area contributed by atoms with Crippen LogP contribution in [0.1, 0.15) is 93.2 Å². The van der Waals surface area contributed by atoms with E-state index in [1.165, 1.54) is 33.9 Å². The van der Waals surface area contributed by atoms with Gasteiger partial charge in [0, 0.05) is 55.6 Å². The highest BCUT2D eigenvalue weighted by Gasteiger charge is 2.22. The van der Waals surface area contributed by atoms with Gasteiger partial charge < -0.3 is 19.7 Å². The number of ether oxygens (including phenoxy) is 2. The van der Waals surface area contributed by atoms with Crippen LogP contribution in [0.3, 0.4) is 0 Å². The topological polar surface area (TPSA) is 59.5 Å².